The fourth-order valence-corrected chi connectivity index (χ4v) is 1.95. The highest BCUT2D eigenvalue weighted by molar-refractivity contribution is 5.82. The minimum Gasteiger partial charge on any atom is -0.464 e. The van der Waals surface area contributed by atoms with Crippen molar-refractivity contribution in [2.75, 3.05) is 26.7 Å². The second-order valence-electron chi connectivity index (χ2n) is 5.98. The standard InChI is InChI=1S/C16H22F3NO2/c1-12-5-7-13(8-6-12)15(2,3)14(21)22-10-9-20(4)11-16(17,18)19/h5-8H,9-11H2,1-4H3. The van der Waals surface area contributed by atoms with Crippen LogP contribution in [0.15, 0.2) is 24.3 Å². The Bertz CT molecular complexity index is 495. The first kappa shape index (κ1) is 18.5. The van der Waals surface area contributed by atoms with Crippen LogP contribution in [0.5, 0.6) is 0 Å². The van der Waals surface area contributed by atoms with E-state index in [1.807, 2.05) is 31.2 Å². The molecule has 1 rings (SSSR count). The molecule has 0 bridgehead atoms. The van der Waals surface area contributed by atoms with Crippen LogP contribution in [0.1, 0.15) is 25.0 Å². The van der Waals surface area contributed by atoms with Gasteiger partial charge in [-0.15, -0.1) is 0 Å². The van der Waals surface area contributed by atoms with Crippen LogP contribution >= 0.6 is 0 Å². The Morgan fingerprint density at radius 2 is 1.73 bits per heavy atom. The highest BCUT2D eigenvalue weighted by Gasteiger charge is 2.32. The summed E-state index contributed by atoms with van der Waals surface area (Å²) in [7, 11) is 1.34. The molecular weight excluding hydrogens is 295 g/mol. The maximum absolute atomic E-state index is 12.2. The lowest BCUT2D eigenvalue weighted by molar-refractivity contribution is -0.153. The summed E-state index contributed by atoms with van der Waals surface area (Å²) in [6, 6.07) is 7.52. The molecule has 1 aromatic rings. The van der Waals surface area contributed by atoms with Gasteiger partial charge < -0.3 is 4.74 Å². The van der Waals surface area contributed by atoms with E-state index in [4.69, 9.17) is 4.74 Å². The van der Waals surface area contributed by atoms with Crippen molar-refractivity contribution in [3.05, 3.63) is 35.4 Å². The van der Waals surface area contributed by atoms with Gasteiger partial charge in [0, 0.05) is 6.54 Å². The molecule has 0 radical (unpaired) electrons. The van der Waals surface area contributed by atoms with E-state index in [1.54, 1.807) is 13.8 Å². The zero-order valence-corrected chi connectivity index (χ0v) is 13.3. The Balaban J connectivity index is 2.52. The lowest BCUT2D eigenvalue weighted by atomic mass is 9.84. The molecule has 0 N–H and O–H groups in total. The molecule has 0 unspecified atom stereocenters. The predicted molar refractivity (Wildman–Crippen MR) is 78.7 cm³/mol. The van der Waals surface area contributed by atoms with Crippen LogP contribution < -0.4 is 0 Å². The molecule has 6 heteroatoms. The first-order valence-corrected chi connectivity index (χ1v) is 7.02. The Morgan fingerprint density at radius 3 is 2.23 bits per heavy atom. The number of esters is 1. The van der Waals surface area contributed by atoms with E-state index in [9.17, 15) is 18.0 Å². The maximum Gasteiger partial charge on any atom is 0.401 e. The molecule has 0 aliphatic heterocycles. The molecule has 0 aliphatic rings. The molecular formula is C16H22F3NO2. The number of rotatable bonds is 6. The number of benzene rings is 1. The third kappa shape index (κ3) is 5.67. The second-order valence-corrected chi connectivity index (χ2v) is 5.98. The number of carbonyl (C=O) groups excluding carboxylic acids is 1. The summed E-state index contributed by atoms with van der Waals surface area (Å²) in [6.45, 7) is 4.37. The van der Waals surface area contributed by atoms with Gasteiger partial charge in [0.25, 0.3) is 0 Å². The monoisotopic (exact) mass is 317 g/mol. The van der Waals surface area contributed by atoms with Crippen molar-refractivity contribution in [1.29, 1.82) is 0 Å². The third-order valence-corrected chi connectivity index (χ3v) is 3.44. The number of ether oxygens (including phenoxy) is 1. The van der Waals surface area contributed by atoms with E-state index >= 15 is 0 Å². The van der Waals surface area contributed by atoms with Gasteiger partial charge in [-0.3, -0.25) is 9.69 Å². The van der Waals surface area contributed by atoms with Gasteiger partial charge in [-0.05, 0) is 33.4 Å². The topological polar surface area (TPSA) is 29.5 Å². The molecule has 3 nitrogen and oxygen atoms in total. The number of alkyl halides is 3. The summed E-state index contributed by atoms with van der Waals surface area (Å²) in [5.74, 6) is -0.447. The van der Waals surface area contributed by atoms with E-state index in [0.29, 0.717) is 0 Å². The van der Waals surface area contributed by atoms with Crippen molar-refractivity contribution in [2.24, 2.45) is 0 Å². The largest absolute Gasteiger partial charge is 0.464 e. The number of carbonyl (C=O) groups is 1. The van der Waals surface area contributed by atoms with Crippen LogP contribution in [-0.4, -0.2) is 43.8 Å². The van der Waals surface area contributed by atoms with Crippen molar-refractivity contribution in [3.8, 4) is 0 Å². The minimum atomic E-state index is -4.25. The second kappa shape index (κ2) is 7.13. The van der Waals surface area contributed by atoms with Crippen LogP contribution in [0.25, 0.3) is 0 Å². The van der Waals surface area contributed by atoms with Crippen LogP contribution in [0.3, 0.4) is 0 Å². The Hall–Kier alpha value is -1.56. The van der Waals surface area contributed by atoms with Gasteiger partial charge in [0.05, 0.1) is 12.0 Å². The zero-order valence-electron chi connectivity index (χ0n) is 13.3. The quantitative estimate of drug-likeness (QED) is 0.754. The molecule has 0 aromatic heterocycles. The first-order valence-electron chi connectivity index (χ1n) is 7.02. The van der Waals surface area contributed by atoms with Gasteiger partial charge in [0.1, 0.15) is 6.61 Å². The lowest BCUT2D eigenvalue weighted by Crippen LogP contribution is -2.36. The maximum atomic E-state index is 12.2. The highest BCUT2D eigenvalue weighted by atomic mass is 19.4. The molecule has 0 amide bonds. The molecule has 0 fully saturated rings. The summed E-state index contributed by atoms with van der Waals surface area (Å²) < 4.78 is 41.7. The summed E-state index contributed by atoms with van der Waals surface area (Å²) >= 11 is 0. The number of likely N-dealkylation sites (N-methyl/N-ethyl adjacent to an activating group) is 1. The first-order chi connectivity index (χ1) is 10.0. The van der Waals surface area contributed by atoms with Crippen molar-refractivity contribution >= 4 is 5.97 Å². The average molecular weight is 317 g/mol. The molecule has 0 saturated carbocycles. The molecule has 0 spiro atoms. The van der Waals surface area contributed by atoms with Gasteiger partial charge in [-0.2, -0.15) is 13.2 Å². The Labute approximate surface area is 129 Å². The average Bonchev–Trinajstić information content (AvgIpc) is 2.36. The smallest absolute Gasteiger partial charge is 0.401 e. The van der Waals surface area contributed by atoms with Crippen LogP contribution in [0, 0.1) is 6.92 Å². The van der Waals surface area contributed by atoms with Gasteiger partial charge in [0.2, 0.25) is 0 Å². The number of aryl methyl sites for hydroxylation is 1. The molecule has 0 atom stereocenters. The highest BCUT2D eigenvalue weighted by Crippen LogP contribution is 2.25. The summed E-state index contributed by atoms with van der Waals surface area (Å²) in [5, 5.41) is 0. The third-order valence-electron chi connectivity index (χ3n) is 3.44. The fraction of sp³-hybridized carbons (Fsp3) is 0.562. The lowest BCUT2D eigenvalue weighted by Gasteiger charge is -2.24. The number of halogens is 3. The molecule has 124 valence electrons. The van der Waals surface area contributed by atoms with E-state index in [2.05, 4.69) is 0 Å². The van der Waals surface area contributed by atoms with E-state index in [0.717, 1.165) is 16.0 Å². The van der Waals surface area contributed by atoms with Gasteiger partial charge in [-0.25, -0.2) is 0 Å². The predicted octanol–water partition coefficient (Wildman–Crippen LogP) is 3.31. The van der Waals surface area contributed by atoms with Crippen LogP contribution in [0.2, 0.25) is 0 Å². The molecule has 0 aliphatic carbocycles. The van der Waals surface area contributed by atoms with Crippen LogP contribution in [0.4, 0.5) is 13.2 Å². The van der Waals surface area contributed by atoms with Crippen LogP contribution in [-0.2, 0) is 14.9 Å². The SMILES string of the molecule is Cc1ccc(C(C)(C)C(=O)OCCN(C)CC(F)(F)F)cc1. The molecule has 0 saturated heterocycles. The normalized spacial score (nSPS) is 12.5. The zero-order chi connectivity index (χ0) is 17.0. The van der Waals surface area contributed by atoms with Crippen molar-refractivity contribution in [3.63, 3.8) is 0 Å². The summed E-state index contributed by atoms with van der Waals surface area (Å²) in [4.78, 5) is 13.2. The minimum absolute atomic E-state index is 0.0369. The number of hydrogen-bond acceptors (Lipinski definition) is 3. The Morgan fingerprint density at radius 1 is 1.18 bits per heavy atom. The van der Waals surface area contributed by atoms with Gasteiger partial charge >= 0.3 is 12.1 Å². The molecule has 0 heterocycles. The summed E-state index contributed by atoms with van der Waals surface area (Å²) in [5.41, 5.74) is 1.06. The van der Waals surface area contributed by atoms with Crippen molar-refractivity contribution in [1.82, 2.24) is 4.90 Å². The van der Waals surface area contributed by atoms with Gasteiger partial charge in [0.15, 0.2) is 0 Å². The summed E-state index contributed by atoms with van der Waals surface area (Å²) in [6.07, 6.45) is -4.25. The molecule has 22 heavy (non-hydrogen) atoms. The number of nitrogens with zero attached hydrogens (tertiary/aromatic N) is 1. The van der Waals surface area contributed by atoms with Crippen molar-refractivity contribution in [2.45, 2.75) is 32.4 Å². The van der Waals surface area contributed by atoms with E-state index < -0.39 is 24.1 Å². The van der Waals surface area contributed by atoms with E-state index in [1.165, 1.54) is 7.05 Å². The van der Waals surface area contributed by atoms with Crippen molar-refractivity contribution < 1.29 is 22.7 Å². The Kier molecular flexibility index (Phi) is 6.00. The van der Waals surface area contributed by atoms with E-state index in [-0.39, 0.29) is 13.2 Å². The number of hydrogen-bond donors (Lipinski definition) is 0. The van der Waals surface area contributed by atoms with Gasteiger partial charge in [-0.1, -0.05) is 29.8 Å². The molecule has 1 aromatic carbocycles. The fourth-order valence-electron chi connectivity index (χ4n) is 1.95.